The Hall–Kier alpha value is -1.64. The summed E-state index contributed by atoms with van der Waals surface area (Å²) >= 11 is 0. The van der Waals surface area contributed by atoms with Crippen molar-refractivity contribution in [2.45, 2.75) is 11.8 Å². The number of nitrogens with zero attached hydrogens (tertiary/aromatic N) is 1. The Kier molecular flexibility index (Phi) is 6.79. The monoisotopic (exact) mass is 330 g/mol. The van der Waals surface area contributed by atoms with Gasteiger partial charge in [-0.15, -0.1) is 0 Å². The number of aryl methyl sites for hydroxylation is 1. The minimum Gasteiger partial charge on any atom is -0.483 e. The average molecular weight is 330 g/mol. The fraction of sp³-hybridized carbons (Fsp3) is 0.500. The summed E-state index contributed by atoms with van der Waals surface area (Å²) in [6.45, 7) is 2.13. The molecule has 0 atom stereocenters. The fourth-order valence-electron chi connectivity index (χ4n) is 1.58. The smallest absolute Gasteiger partial charge is 0.259 e. The number of hydrogen-bond donors (Lipinski definition) is 1. The average Bonchev–Trinajstić information content (AvgIpc) is 2.45. The minimum absolute atomic E-state index is 0.0912. The van der Waals surface area contributed by atoms with Crippen LogP contribution in [0.3, 0.4) is 0 Å². The van der Waals surface area contributed by atoms with Gasteiger partial charge in [-0.05, 0) is 30.7 Å². The van der Waals surface area contributed by atoms with Crippen LogP contribution in [-0.2, 0) is 19.6 Å². The first-order valence-corrected chi connectivity index (χ1v) is 8.18. The standard InChI is InChI=1S/C14H22N2O5S/c1-11-9-12(22(18,19)15-7-8-20-4)5-6-13(11)21-10-14(17)16(2)3/h5-6,9,15H,7-8,10H2,1-4H3. The highest BCUT2D eigenvalue weighted by Crippen LogP contribution is 2.21. The number of carbonyl (C=O) groups is 1. The second kappa shape index (κ2) is 8.11. The van der Waals surface area contributed by atoms with Crippen LogP contribution in [0.1, 0.15) is 5.56 Å². The maximum atomic E-state index is 12.1. The molecule has 0 aliphatic carbocycles. The van der Waals surface area contributed by atoms with Crippen molar-refractivity contribution in [1.82, 2.24) is 9.62 Å². The van der Waals surface area contributed by atoms with Gasteiger partial charge >= 0.3 is 0 Å². The Morgan fingerprint density at radius 2 is 2.00 bits per heavy atom. The number of sulfonamides is 1. The van der Waals surface area contributed by atoms with Crippen molar-refractivity contribution in [1.29, 1.82) is 0 Å². The molecule has 0 aliphatic heterocycles. The Morgan fingerprint density at radius 1 is 1.32 bits per heavy atom. The van der Waals surface area contributed by atoms with Crippen LogP contribution < -0.4 is 9.46 Å². The summed E-state index contributed by atoms with van der Waals surface area (Å²) in [4.78, 5) is 13.1. The predicted octanol–water partition coefficient (Wildman–Crippen LogP) is 0.387. The number of likely N-dealkylation sites (N-methyl/N-ethyl adjacent to an activating group) is 1. The molecule has 0 bridgehead atoms. The van der Waals surface area contributed by atoms with Crippen LogP contribution in [0.2, 0.25) is 0 Å². The van der Waals surface area contributed by atoms with Crippen molar-refractivity contribution in [2.75, 3.05) is 41.0 Å². The largest absolute Gasteiger partial charge is 0.483 e. The molecule has 0 unspecified atom stereocenters. The Balaban J connectivity index is 2.78. The van der Waals surface area contributed by atoms with Crippen LogP contribution in [0, 0.1) is 6.92 Å². The molecule has 0 fully saturated rings. The zero-order valence-corrected chi connectivity index (χ0v) is 14.1. The molecule has 1 aromatic rings. The topological polar surface area (TPSA) is 84.9 Å². The fourth-order valence-corrected chi connectivity index (χ4v) is 2.68. The molecule has 1 N–H and O–H groups in total. The van der Waals surface area contributed by atoms with Crippen molar-refractivity contribution in [3.8, 4) is 5.75 Å². The van der Waals surface area contributed by atoms with E-state index in [2.05, 4.69) is 4.72 Å². The number of amides is 1. The number of nitrogens with one attached hydrogen (secondary N) is 1. The van der Waals surface area contributed by atoms with E-state index in [1.54, 1.807) is 27.1 Å². The molecule has 124 valence electrons. The molecule has 1 aromatic carbocycles. The van der Waals surface area contributed by atoms with Crippen molar-refractivity contribution >= 4 is 15.9 Å². The van der Waals surface area contributed by atoms with Gasteiger partial charge in [-0.3, -0.25) is 4.79 Å². The van der Waals surface area contributed by atoms with E-state index in [0.717, 1.165) is 0 Å². The van der Waals surface area contributed by atoms with E-state index in [1.807, 2.05) is 0 Å². The van der Waals surface area contributed by atoms with Crippen LogP contribution in [0.4, 0.5) is 0 Å². The lowest BCUT2D eigenvalue weighted by Crippen LogP contribution is -2.28. The summed E-state index contributed by atoms with van der Waals surface area (Å²) < 4.78 is 36.8. The molecular formula is C14H22N2O5S. The van der Waals surface area contributed by atoms with Crippen molar-refractivity contribution in [2.24, 2.45) is 0 Å². The Morgan fingerprint density at radius 3 is 2.55 bits per heavy atom. The number of ether oxygens (including phenoxy) is 2. The van der Waals surface area contributed by atoms with Gasteiger partial charge in [-0.25, -0.2) is 13.1 Å². The molecule has 0 saturated carbocycles. The third-order valence-electron chi connectivity index (χ3n) is 2.90. The molecule has 0 aliphatic rings. The minimum atomic E-state index is -3.58. The van der Waals surface area contributed by atoms with Gasteiger partial charge in [0, 0.05) is 27.7 Å². The van der Waals surface area contributed by atoms with Crippen molar-refractivity contribution < 1.29 is 22.7 Å². The molecule has 0 saturated heterocycles. The van der Waals surface area contributed by atoms with Gasteiger partial charge in [-0.1, -0.05) is 0 Å². The normalized spacial score (nSPS) is 11.3. The SMILES string of the molecule is COCCNS(=O)(=O)c1ccc(OCC(=O)N(C)C)c(C)c1. The predicted molar refractivity (Wildman–Crippen MR) is 82.4 cm³/mol. The molecule has 0 aromatic heterocycles. The highest BCUT2D eigenvalue weighted by Gasteiger charge is 2.15. The second-order valence-electron chi connectivity index (χ2n) is 4.89. The maximum Gasteiger partial charge on any atom is 0.259 e. The van der Waals surface area contributed by atoms with Gasteiger partial charge in [-0.2, -0.15) is 0 Å². The van der Waals surface area contributed by atoms with Gasteiger partial charge in [0.15, 0.2) is 6.61 Å². The lowest BCUT2D eigenvalue weighted by Gasteiger charge is -2.13. The van der Waals surface area contributed by atoms with Gasteiger partial charge in [0.1, 0.15) is 5.75 Å². The summed E-state index contributed by atoms with van der Waals surface area (Å²) in [5.74, 6) is 0.309. The quantitative estimate of drug-likeness (QED) is 0.697. The third kappa shape index (κ3) is 5.28. The summed E-state index contributed by atoms with van der Waals surface area (Å²) in [5.41, 5.74) is 0.640. The van der Waals surface area contributed by atoms with Gasteiger partial charge in [0.2, 0.25) is 10.0 Å². The molecule has 8 heteroatoms. The molecular weight excluding hydrogens is 308 g/mol. The van der Waals surface area contributed by atoms with Crippen LogP contribution in [0.15, 0.2) is 23.1 Å². The second-order valence-corrected chi connectivity index (χ2v) is 6.66. The number of hydrogen-bond acceptors (Lipinski definition) is 5. The summed E-state index contributed by atoms with van der Waals surface area (Å²) in [5, 5.41) is 0. The zero-order chi connectivity index (χ0) is 16.8. The molecule has 0 heterocycles. The molecule has 1 rings (SSSR count). The van der Waals surface area contributed by atoms with Crippen LogP contribution in [0.25, 0.3) is 0 Å². The molecule has 22 heavy (non-hydrogen) atoms. The first-order valence-electron chi connectivity index (χ1n) is 6.70. The van der Waals surface area contributed by atoms with Crippen molar-refractivity contribution in [3.63, 3.8) is 0 Å². The zero-order valence-electron chi connectivity index (χ0n) is 13.3. The van der Waals surface area contributed by atoms with Crippen LogP contribution in [0.5, 0.6) is 5.75 Å². The molecule has 0 radical (unpaired) electrons. The van der Waals surface area contributed by atoms with E-state index in [4.69, 9.17) is 9.47 Å². The third-order valence-corrected chi connectivity index (χ3v) is 4.36. The molecule has 1 amide bonds. The maximum absolute atomic E-state index is 12.1. The highest BCUT2D eigenvalue weighted by atomic mass is 32.2. The Labute approximate surface area is 131 Å². The van der Waals surface area contributed by atoms with Gasteiger partial charge in [0.25, 0.3) is 5.91 Å². The number of rotatable bonds is 8. The highest BCUT2D eigenvalue weighted by molar-refractivity contribution is 7.89. The number of methoxy groups -OCH3 is 1. The van der Waals surface area contributed by atoms with E-state index in [-0.39, 0.29) is 24.0 Å². The van der Waals surface area contributed by atoms with E-state index in [0.29, 0.717) is 17.9 Å². The first-order chi connectivity index (χ1) is 10.3. The van der Waals surface area contributed by atoms with Crippen molar-refractivity contribution in [3.05, 3.63) is 23.8 Å². The number of benzene rings is 1. The number of carbonyl (C=O) groups excluding carboxylic acids is 1. The molecule has 0 spiro atoms. The first kappa shape index (κ1) is 18.4. The summed E-state index contributed by atoms with van der Waals surface area (Å²) in [6.07, 6.45) is 0. The van der Waals surface area contributed by atoms with E-state index < -0.39 is 10.0 Å². The molecule has 7 nitrogen and oxygen atoms in total. The van der Waals surface area contributed by atoms with E-state index >= 15 is 0 Å². The lowest BCUT2D eigenvalue weighted by atomic mass is 10.2. The Bertz CT molecular complexity index is 614. The van der Waals surface area contributed by atoms with Gasteiger partial charge < -0.3 is 14.4 Å². The lowest BCUT2D eigenvalue weighted by molar-refractivity contribution is -0.130. The van der Waals surface area contributed by atoms with Crippen LogP contribution in [-0.4, -0.2) is 60.2 Å². The van der Waals surface area contributed by atoms with Gasteiger partial charge in [0.05, 0.1) is 11.5 Å². The summed E-state index contributed by atoms with van der Waals surface area (Å²) in [7, 11) is 1.20. The summed E-state index contributed by atoms with van der Waals surface area (Å²) in [6, 6.07) is 4.49. The van der Waals surface area contributed by atoms with E-state index in [1.165, 1.54) is 24.1 Å². The van der Waals surface area contributed by atoms with Crippen LogP contribution >= 0.6 is 0 Å². The van der Waals surface area contributed by atoms with E-state index in [9.17, 15) is 13.2 Å².